The van der Waals surface area contributed by atoms with Crippen LogP contribution >= 0.6 is 0 Å². The van der Waals surface area contributed by atoms with Crippen LogP contribution < -0.4 is 4.74 Å². The average Bonchev–Trinajstić information content (AvgIpc) is 2.38. The second-order valence-corrected chi connectivity index (χ2v) is 4.19. The lowest BCUT2D eigenvalue weighted by Gasteiger charge is -2.13. The number of phenols is 1. The van der Waals surface area contributed by atoms with Gasteiger partial charge in [-0.05, 0) is 31.5 Å². The number of phenolic OH excluding ortho intramolecular Hbond substituents is 1. The van der Waals surface area contributed by atoms with Gasteiger partial charge in [0.25, 0.3) is 0 Å². The summed E-state index contributed by atoms with van der Waals surface area (Å²) in [4.78, 5) is 12.0. The molecule has 1 N–H and O–H groups in total. The summed E-state index contributed by atoms with van der Waals surface area (Å²) in [7, 11) is 1.53. The highest BCUT2D eigenvalue weighted by molar-refractivity contribution is 6.09. The fourth-order valence-corrected chi connectivity index (χ4v) is 2.21. The van der Waals surface area contributed by atoms with Crippen LogP contribution in [0.2, 0.25) is 0 Å². The highest BCUT2D eigenvalue weighted by Gasteiger charge is 2.18. The van der Waals surface area contributed by atoms with Gasteiger partial charge in [0.05, 0.1) is 24.7 Å². The second-order valence-electron chi connectivity index (χ2n) is 4.19. The molecule has 0 fully saturated rings. The lowest BCUT2D eigenvalue weighted by Crippen LogP contribution is -2.07. The summed E-state index contributed by atoms with van der Waals surface area (Å²) in [5.41, 5.74) is 1.14. The van der Waals surface area contributed by atoms with Crippen molar-refractivity contribution in [3.05, 3.63) is 35.4 Å². The van der Waals surface area contributed by atoms with E-state index in [0.29, 0.717) is 34.3 Å². The van der Waals surface area contributed by atoms with Crippen LogP contribution in [-0.2, 0) is 4.74 Å². The highest BCUT2D eigenvalue weighted by Crippen LogP contribution is 2.37. The van der Waals surface area contributed by atoms with Gasteiger partial charge in [-0.1, -0.05) is 12.1 Å². The van der Waals surface area contributed by atoms with Crippen LogP contribution in [0.5, 0.6) is 11.5 Å². The molecule has 2 aromatic rings. The first-order chi connectivity index (χ1) is 9.10. The van der Waals surface area contributed by atoms with E-state index in [0.717, 1.165) is 0 Å². The topological polar surface area (TPSA) is 55.8 Å². The SMILES string of the molecule is CCOC(=O)c1c(C)cc(O)c2c(OC)cccc12. The van der Waals surface area contributed by atoms with Crippen molar-refractivity contribution in [3.8, 4) is 11.5 Å². The highest BCUT2D eigenvalue weighted by atomic mass is 16.5. The maximum atomic E-state index is 12.0. The Labute approximate surface area is 111 Å². The smallest absolute Gasteiger partial charge is 0.339 e. The van der Waals surface area contributed by atoms with E-state index in [4.69, 9.17) is 9.47 Å². The van der Waals surface area contributed by atoms with E-state index in [1.54, 1.807) is 38.1 Å². The van der Waals surface area contributed by atoms with Crippen molar-refractivity contribution in [2.45, 2.75) is 13.8 Å². The zero-order valence-electron chi connectivity index (χ0n) is 11.2. The number of aromatic hydroxyl groups is 1. The van der Waals surface area contributed by atoms with Crippen LogP contribution in [0.15, 0.2) is 24.3 Å². The number of ether oxygens (including phenoxy) is 2. The van der Waals surface area contributed by atoms with Crippen molar-refractivity contribution in [3.63, 3.8) is 0 Å². The molecule has 2 rings (SSSR count). The minimum absolute atomic E-state index is 0.0954. The Morgan fingerprint density at radius 1 is 1.37 bits per heavy atom. The van der Waals surface area contributed by atoms with Crippen molar-refractivity contribution in [2.24, 2.45) is 0 Å². The fraction of sp³-hybridized carbons (Fsp3) is 0.267. The van der Waals surface area contributed by atoms with Gasteiger partial charge in [-0.3, -0.25) is 0 Å². The lowest BCUT2D eigenvalue weighted by molar-refractivity contribution is 0.0528. The number of rotatable bonds is 3. The lowest BCUT2D eigenvalue weighted by atomic mass is 9.98. The van der Waals surface area contributed by atoms with Gasteiger partial charge in [0.15, 0.2) is 0 Å². The van der Waals surface area contributed by atoms with Gasteiger partial charge < -0.3 is 14.6 Å². The predicted octanol–water partition coefficient (Wildman–Crippen LogP) is 3.04. The van der Waals surface area contributed by atoms with Crippen LogP contribution in [0, 0.1) is 6.92 Å². The maximum absolute atomic E-state index is 12.0. The minimum Gasteiger partial charge on any atom is -0.507 e. The monoisotopic (exact) mass is 260 g/mol. The number of aryl methyl sites for hydroxylation is 1. The molecule has 0 heterocycles. The molecule has 0 amide bonds. The molecule has 0 bridgehead atoms. The van der Waals surface area contributed by atoms with Crippen molar-refractivity contribution in [2.75, 3.05) is 13.7 Å². The summed E-state index contributed by atoms with van der Waals surface area (Å²) in [5, 5.41) is 11.2. The van der Waals surface area contributed by atoms with Crippen LogP contribution in [0.1, 0.15) is 22.8 Å². The summed E-state index contributed by atoms with van der Waals surface area (Å²) in [6.45, 7) is 3.84. The van der Waals surface area contributed by atoms with E-state index < -0.39 is 5.97 Å². The quantitative estimate of drug-likeness (QED) is 0.862. The van der Waals surface area contributed by atoms with Crippen LogP contribution in [0.25, 0.3) is 10.8 Å². The molecule has 0 aliphatic carbocycles. The van der Waals surface area contributed by atoms with E-state index >= 15 is 0 Å². The number of carbonyl (C=O) groups excluding carboxylic acids is 1. The molecule has 0 atom stereocenters. The minimum atomic E-state index is -0.391. The molecular formula is C15H16O4. The van der Waals surface area contributed by atoms with Gasteiger partial charge >= 0.3 is 5.97 Å². The standard InChI is InChI=1S/C15H16O4/c1-4-19-15(17)13-9(2)8-11(16)14-10(13)6-5-7-12(14)18-3/h5-8,16H,4H2,1-3H3. The summed E-state index contributed by atoms with van der Waals surface area (Å²) in [6, 6.07) is 6.85. The molecule has 4 heteroatoms. The van der Waals surface area contributed by atoms with Gasteiger partial charge in [0, 0.05) is 5.39 Å². The van der Waals surface area contributed by atoms with E-state index in [2.05, 4.69) is 0 Å². The number of methoxy groups -OCH3 is 1. The number of hydrogen-bond acceptors (Lipinski definition) is 4. The third-order valence-corrected chi connectivity index (χ3v) is 3.00. The third-order valence-electron chi connectivity index (χ3n) is 3.00. The molecule has 100 valence electrons. The molecule has 0 saturated carbocycles. The maximum Gasteiger partial charge on any atom is 0.339 e. The van der Waals surface area contributed by atoms with Gasteiger partial charge in [-0.25, -0.2) is 4.79 Å². The number of hydrogen-bond donors (Lipinski definition) is 1. The predicted molar refractivity (Wildman–Crippen MR) is 72.9 cm³/mol. The van der Waals surface area contributed by atoms with E-state index in [9.17, 15) is 9.90 Å². The van der Waals surface area contributed by atoms with Crippen molar-refractivity contribution >= 4 is 16.7 Å². The van der Waals surface area contributed by atoms with Crippen molar-refractivity contribution in [1.82, 2.24) is 0 Å². The molecule has 19 heavy (non-hydrogen) atoms. The first kappa shape index (κ1) is 13.2. The normalized spacial score (nSPS) is 10.5. The number of benzene rings is 2. The summed E-state index contributed by atoms with van der Waals surface area (Å²) >= 11 is 0. The number of esters is 1. The van der Waals surface area contributed by atoms with Crippen LogP contribution in [0.3, 0.4) is 0 Å². The first-order valence-electron chi connectivity index (χ1n) is 6.06. The number of fused-ring (bicyclic) bond motifs is 1. The number of carbonyl (C=O) groups is 1. The molecule has 0 aliphatic rings. The van der Waals surface area contributed by atoms with Crippen molar-refractivity contribution < 1.29 is 19.4 Å². The Bertz CT molecular complexity index is 632. The van der Waals surface area contributed by atoms with Gasteiger partial charge in [0.2, 0.25) is 0 Å². The molecule has 0 unspecified atom stereocenters. The summed E-state index contributed by atoms with van der Waals surface area (Å²) in [5.74, 6) is 0.233. The molecule has 0 radical (unpaired) electrons. The Morgan fingerprint density at radius 3 is 2.74 bits per heavy atom. The third kappa shape index (κ3) is 2.21. The molecule has 0 aromatic heterocycles. The largest absolute Gasteiger partial charge is 0.507 e. The van der Waals surface area contributed by atoms with Crippen LogP contribution in [-0.4, -0.2) is 24.8 Å². The first-order valence-corrected chi connectivity index (χ1v) is 6.06. The van der Waals surface area contributed by atoms with Gasteiger partial charge in [0.1, 0.15) is 11.5 Å². The fourth-order valence-electron chi connectivity index (χ4n) is 2.21. The Balaban J connectivity index is 2.80. The van der Waals surface area contributed by atoms with Crippen LogP contribution in [0.4, 0.5) is 0 Å². The van der Waals surface area contributed by atoms with Gasteiger partial charge in [-0.15, -0.1) is 0 Å². The molecule has 4 nitrogen and oxygen atoms in total. The summed E-state index contributed by atoms with van der Waals surface area (Å²) < 4.78 is 10.3. The zero-order valence-corrected chi connectivity index (χ0v) is 11.2. The second kappa shape index (κ2) is 5.18. The molecular weight excluding hydrogens is 244 g/mol. The Morgan fingerprint density at radius 2 is 2.11 bits per heavy atom. The molecule has 0 spiro atoms. The van der Waals surface area contributed by atoms with E-state index in [-0.39, 0.29) is 5.75 Å². The van der Waals surface area contributed by atoms with Crippen molar-refractivity contribution in [1.29, 1.82) is 0 Å². The summed E-state index contributed by atoms with van der Waals surface area (Å²) in [6.07, 6.45) is 0. The Kier molecular flexibility index (Phi) is 3.60. The average molecular weight is 260 g/mol. The zero-order chi connectivity index (χ0) is 14.0. The molecule has 0 saturated heterocycles. The van der Waals surface area contributed by atoms with E-state index in [1.807, 2.05) is 0 Å². The van der Waals surface area contributed by atoms with E-state index in [1.165, 1.54) is 7.11 Å². The Hall–Kier alpha value is -2.23. The molecule has 0 aliphatic heterocycles. The molecule has 2 aromatic carbocycles. The van der Waals surface area contributed by atoms with Gasteiger partial charge in [-0.2, -0.15) is 0 Å².